The summed E-state index contributed by atoms with van der Waals surface area (Å²) in [5.74, 6) is -3.08. The highest BCUT2D eigenvalue weighted by molar-refractivity contribution is 6.31. The van der Waals surface area contributed by atoms with E-state index in [0.717, 1.165) is 0 Å². The van der Waals surface area contributed by atoms with Crippen molar-refractivity contribution in [1.82, 2.24) is 0 Å². The van der Waals surface area contributed by atoms with E-state index in [2.05, 4.69) is 0 Å². The van der Waals surface area contributed by atoms with Crippen LogP contribution in [0.1, 0.15) is 68.8 Å². The van der Waals surface area contributed by atoms with Crippen LogP contribution in [0.15, 0.2) is 18.2 Å². The Hall–Kier alpha value is -2.90. The lowest BCUT2D eigenvalue weighted by Gasteiger charge is -2.39. The third-order valence-electron chi connectivity index (χ3n) is 5.76. The average Bonchev–Trinajstić information content (AvgIpc) is 2.64. The summed E-state index contributed by atoms with van der Waals surface area (Å²) in [6.07, 6.45) is -1.08. The SMILES string of the molecule is CC[C@]1(O)CCc2c(O)c3c(c(O)c2[C@H]1O)C(=O)c1c(O)cccc1C3=O. The number of benzene rings is 2. The van der Waals surface area contributed by atoms with Crippen LogP contribution in [0.3, 0.4) is 0 Å². The van der Waals surface area contributed by atoms with Gasteiger partial charge in [-0.25, -0.2) is 0 Å². The van der Waals surface area contributed by atoms with Crippen molar-refractivity contribution in [3.8, 4) is 17.2 Å². The topological polar surface area (TPSA) is 135 Å². The van der Waals surface area contributed by atoms with Crippen LogP contribution in [-0.4, -0.2) is 42.7 Å². The molecule has 2 aliphatic rings. The molecule has 0 spiro atoms. The number of hydrogen-bond acceptors (Lipinski definition) is 7. The van der Waals surface area contributed by atoms with Crippen molar-refractivity contribution in [2.24, 2.45) is 0 Å². The van der Waals surface area contributed by atoms with E-state index in [1.54, 1.807) is 6.92 Å². The predicted octanol–water partition coefficient (Wildman–Crippen LogP) is 1.70. The van der Waals surface area contributed by atoms with E-state index >= 15 is 0 Å². The number of aliphatic hydroxyl groups excluding tert-OH is 1. The molecule has 0 saturated heterocycles. The molecule has 2 aromatic carbocycles. The van der Waals surface area contributed by atoms with Gasteiger partial charge in [0.25, 0.3) is 0 Å². The summed E-state index contributed by atoms with van der Waals surface area (Å²) in [5.41, 5.74) is -2.67. The third-order valence-corrected chi connectivity index (χ3v) is 5.76. The molecule has 2 aliphatic carbocycles. The van der Waals surface area contributed by atoms with Crippen LogP contribution in [0.2, 0.25) is 0 Å². The van der Waals surface area contributed by atoms with E-state index in [1.165, 1.54) is 18.2 Å². The summed E-state index contributed by atoms with van der Waals surface area (Å²) < 4.78 is 0. The number of ketones is 2. The highest BCUT2D eigenvalue weighted by atomic mass is 16.3. The van der Waals surface area contributed by atoms with Gasteiger partial charge in [-0.1, -0.05) is 19.1 Å². The first-order chi connectivity index (χ1) is 12.7. The van der Waals surface area contributed by atoms with E-state index < -0.39 is 46.1 Å². The molecule has 27 heavy (non-hydrogen) atoms. The Morgan fingerprint density at radius 1 is 1.04 bits per heavy atom. The highest BCUT2D eigenvalue weighted by Crippen LogP contribution is 2.51. The van der Waals surface area contributed by atoms with Gasteiger partial charge >= 0.3 is 0 Å². The molecule has 4 rings (SSSR count). The minimum atomic E-state index is -1.53. The number of hydrogen-bond donors (Lipinski definition) is 5. The average molecular weight is 370 g/mol. The van der Waals surface area contributed by atoms with Crippen molar-refractivity contribution < 1.29 is 35.1 Å². The maximum atomic E-state index is 12.9. The van der Waals surface area contributed by atoms with E-state index in [9.17, 15) is 35.1 Å². The van der Waals surface area contributed by atoms with E-state index in [4.69, 9.17) is 0 Å². The Bertz CT molecular complexity index is 1020. The Balaban J connectivity index is 2.06. The smallest absolute Gasteiger partial charge is 0.202 e. The number of carbonyl (C=O) groups excluding carboxylic acids is 2. The monoisotopic (exact) mass is 370 g/mol. The zero-order valence-electron chi connectivity index (χ0n) is 14.5. The Morgan fingerprint density at radius 2 is 1.70 bits per heavy atom. The molecule has 0 heterocycles. The standard InChI is InChI=1S/C20H18O7/c1-2-20(27)7-6-9-12(19(20)26)18(25)14-13(16(9)23)15(22)8-4-3-5-10(21)11(8)17(14)24/h3-5,19,21,23,25-27H,2,6-7H2,1H3/t19-,20+/m1/s1. The Kier molecular flexibility index (Phi) is 3.60. The summed E-state index contributed by atoms with van der Waals surface area (Å²) in [5, 5.41) is 52.7. The molecule has 0 fully saturated rings. The molecule has 0 amide bonds. The maximum absolute atomic E-state index is 12.9. The first kappa shape index (κ1) is 17.5. The molecule has 7 nitrogen and oxygen atoms in total. The van der Waals surface area contributed by atoms with Gasteiger partial charge in [-0.15, -0.1) is 0 Å². The van der Waals surface area contributed by atoms with E-state index in [1.807, 2.05) is 0 Å². The lowest BCUT2D eigenvalue weighted by molar-refractivity contribution is -0.0921. The second-order valence-electron chi connectivity index (χ2n) is 7.06. The minimum absolute atomic E-state index is 0.0661. The number of phenols is 3. The van der Waals surface area contributed by atoms with Gasteiger partial charge in [0.15, 0.2) is 5.78 Å². The lowest BCUT2D eigenvalue weighted by Crippen LogP contribution is -2.40. The van der Waals surface area contributed by atoms with Gasteiger partial charge in [-0.3, -0.25) is 9.59 Å². The van der Waals surface area contributed by atoms with Gasteiger partial charge < -0.3 is 25.5 Å². The molecule has 7 heteroatoms. The molecule has 0 aliphatic heterocycles. The normalized spacial score (nSPS) is 23.6. The van der Waals surface area contributed by atoms with Crippen molar-refractivity contribution in [3.05, 3.63) is 51.6 Å². The minimum Gasteiger partial charge on any atom is -0.507 e. The fourth-order valence-corrected chi connectivity index (χ4v) is 4.13. The summed E-state index contributed by atoms with van der Waals surface area (Å²) in [6.45, 7) is 1.67. The van der Waals surface area contributed by atoms with Crippen molar-refractivity contribution in [2.75, 3.05) is 0 Å². The van der Waals surface area contributed by atoms with Gasteiger partial charge in [0, 0.05) is 16.7 Å². The molecule has 5 N–H and O–H groups in total. The van der Waals surface area contributed by atoms with Crippen molar-refractivity contribution in [2.45, 2.75) is 37.9 Å². The zero-order valence-corrected chi connectivity index (χ0v) is 14.5. The summed E-state index contributed by atoms with van der Waals surface area (Å²) in [6, 6.07) is 4.01. The van der Waals surface area contributed by atoms with Gasteiger partial charge in [-0.05, 0) is 25.3 Å². The van der Waals surface area contributed by atoms with Gasteiger partial charge in [-0.2, -0.15) is 0 Å². The van der Waals surface area contributed by atoms with Crippen molar-refractivity contribution in [1.29, 1.82) is 0 Å². The Labute approximate surface area is 154 Å². The van der Waals surface area contributed by atoms with Gasteiger partial charge in [0.2, 0.25) is 5.78 Å². The maximum Gasteiger partial charge on any atom is 0.202 e. The second-order valence-corrected chi connectivity index (χ2v) is 7.06. The molecule has 0 aromatic heterocycles. The number of aromatic hydroxyl groups is 3. The lowest BCUT2D eigenvalue weighted by atomic mass is 9.72. The molecule has 0 radical (unpaired) electrons. The molecule has 2 aromatic rings. The fourth-order valence-electron chi connectivity index (χ4n) is 4.13. The van der Waals surface area contributed by atoms with Gasteiger partial charge in [0.05, 0.1) is 22.3 Å². The molecule has 140 valence electrons. The first-order valence-corrected chi connectivity index (χ1v) is 8.65. The number of fused-ring (bicyclic) bond motifs is 3. The van der Waals surface area contributed by atoms with Crippen LogP contribution < -0.4 is 0 Å². The van der Waals surface area contributed by atoms with Crippen molar-refractivity contribution in [3.63, 3.8) is 0 Å². The van der Waals surface area contributed by atoms with Crippen LogP contribution in [0, 0.1) is 0 Å². The van der Waals surface area contributed by atoms with Crippen LogP contribution in [0.4, 0.5) is 0 Å². The number of rotatable bonds is 1. The third kappa shape index (κ3) is 2.09. The molecule has 0 unspecified atom stereocenters. The van der Waals surface area contributed by atoms with E-state index in [0.29, 0.717) is 0 Å². The Morgan fingerprint density at radius 3 is 2.37 bits per heavy atom. The zero-order chi connectivity index (χ0) is 19.7. The summed E-state index contributed by atoms with van der Waals surface area (Å²) >= 11 is 0. The summed E-state index contributed by atoms with van der Waals surface area (Å²) in [4.78, 5) is 25.8. The first-order valence-electron chi connectivity index (χ1n) is 8.65. The number of phenolic OH excluding ortho intramolecular Hbond substituents is 3. The van der Waals surface area contributed by atoms with Crippen molar-refractivity contribution >= 4 is 11.6 Å². The van der Waals surface area contributed by atoms with Crippen LogP contribution in [0.5, 0.6) is 17.2 Å². The highest BCUT2D eigenvalue weighted by Gasteiger charge is 2.46. The molecular formula is C20H18O7. The molecule has 2 atom stereocenters. The largest absolute Gasteiger partial charge is 0.507 e. The van der Waals surface area contributed by atoms with Gasteiger partial charge in [0.1, 0.15) is 23.4 Å². The number of carbonyl (C=O) groups is 2. The van der Waals surface area contributed by atoms with Crippen LogP contribution in [0.25, 0.3) is 0 Å². The van der Waals surface area contributed by atoms with E-state index in [-0.39, 0.29) is 47.1 Å². The predicted molar refractivity (Wildman–Crippen MR) is 93.3 cm³/mol. The summed E-state index contributed by atoms with van der Waals surface area (Å²) in [7, 11) is 0. The van der Waals surface area contributed by atoms with Crippen LogP contribution in [-0.2, 0) is 6.42 Å². The number of aliphatic hydroxyl groups is 2. The molecule has 0 bridgehead atoms. The molecule has 0 saturated carbocycles. The quantitative estimate of drug-likeness (QED) is 0.411. The van der Waals surface area contributed by atoms with Crippen LogP contribution >= 0.6 is 0 Å². The second kappa shape index (κ2) is 5.55. The molecular weight excluding hydrogens is 352 g/mol. The fraction of sp³-hybridized carbons (Fsp3) is 0.300.